The van der Waals surface area contributed by atoms with Crippen LogP contribution in [0.25, 0.3) is 0 Å². The van der Waals surface area contributed by atoms with Crippen LogP contribution in [-0.2, 0) is 30.0 Å². The summed E-state index contributed by atoms with van der Waals surface area (Å²) in [6.45, 7) is 1.87. The first kappa shape index (κ1) is 23.1. The monoisotopic (exact) mass is 480 g/mol. The standard InChI is InChI=1S/C26H32N4O3S/c1-30-16-26(28-18-30)34(31,32)29-15-21-10-11-25-23(13-21)22(12-19-6-3-2-4-7-19)24(17-33-25)27-14-20-8-5-9-20/h2-4,6-7,10-11,13,16,18,20,22,24,27,29H,5,8-9,12,14-15,17H2,1H3/t22-,24+/m0/s1. The minimum Gasteiger partial charge on any atom is -0.492 e. The maximum atomic E-state index is 12.6. The van der Waals surface area contributed by atoms with Gasteiger partial charge in [-0.15, -0.1) is 0 Å². The summed E-state index contributed by atoms with van der Waals surface area (Å²) in [6.07, 6.45) is 7.83. The van der Waals surface area contributed by atoms with Crippen molar-refractivity contribution in [3.63, 3.8) is 0 Å². The van der Waals surface area contributed by atoms with Gasteiger partial charge in [0.15, 0.2) is 5.03 Å². The molecule has 7 nitrogen and oxygen atoms in total. The van der Waals surface area contributed by atoms with Gasteiger partial charge in [-0.25, -0.2) is 18.1 Å². The molecular formula is C26H32N4O3S. The number of nitrogens with zero attached hydrogens (tertiary/aromatic N) is 2. The summed E-state index contributed by atoms with van der Waals surface area (Å²) in [5, 5.41) is 3.81. The highest BCUT2D eigenvalue weighted by Gasteiger charge is 2.32. The summed E-state index contributed by atoms with van der Waals surface area (Å²) in [5.41, 5.74) is 3.33. The van der Waals surface area contributed by atoms with Gasteiger partial charge in [-0.05, 0) is 54.5 Å². The van der Waals surface area contributed by atoms with Crippen molar-refractivity contribution < 1.29 is 13.2 Å². The molecule has 5 rings (SSSR count). The number of fused-ring (bicyclic) bond motifs is 1. The van der Waals surface area contributed by atoms with Crippen molar-refractivity contribution >= 4 is 10.0 Å². The van der Waals surface area contributed by atoms with Gasteiger partial charge in [0.2, 0.25) is 0 Å². The zero-order valence-electron chi connectivity index (χ0n) is 19.5. The molecule has 2 aromatic carbocycles. The first-order valence-electron chi connectivity index (χ1n) is 12.0. The van der Waals surface area contributed by atoms with Crippen LogP contribution in [0.2, 0.25) is 0 Å². The predicted octanol–water partition coefficient (Wildman–Crippen LogP) is 3.38. The second-order valence-electron chi connectivity index (χ2n) is 9.49. The molecule has 8 heteroatoms. The van der Waals surface area contributed by atoms with Gasteiger partial charge in [0.1, 0.15) is 12.4 Å². The third-order valence-electron chi connectivity index (χ3n) is 6.99. The molecule has 2 aliphatic rings. The van der Waals surface area contributed by atoms with Crippen molar-refractivity contribution in [2.75, 3.05) is 13.2 Å². The molecule has 2 atom stereocenters. The number of aryl methyl sites for hydroxylation is 1. The quantitative estimate of drug-likeness (QED) is 0.491. The van der Waals surface area contributed by atoms with Gasteiger partial charge in [0, 0.05) is 31.7 Å². The van der Waals surface area contributed by atoms with Crippen LogP contribution < -0.4 is 14.8 Å². The summed E-state index contributed by atoms with van der Waals surface area (Å²) in [6, 6.07) is 16.8. The Balaban J connectivity index is 1.36. The lowest BCUT2D eigenvalue weighted by molar-refractivity contribution is 0.194. The van der Waals surface area contributed by atoms with Gasteiger partial charge in [0.05, 0.1) is 6.33 Å². The molecule has 0 saturated heterocycles. The molecule has 1 aromatic heterocycles. The average molecular weight is 481 g/mol. The Hall–Kier alpha value is -2.68. The lowest BCUT2D eigenvalue weighted by atomic mass is 9.81. The zero-order chi connectivity index (χ0) is 23.5. The van der Waals surface area contributed by atoms with Gasteiger partial charge in [-0.3, -0.25) is 0 Å². The van der Waals surface area contributed by atoms with Crippen LogP contribution in [-0.4, -0.2) is 37.2 Å². The number of ether oxygens (including phenoxy) is 1. The van der Waals surface area contributed by atoms with Crippen molar-refractivity contribution in [1.82, 2.24) is 19.6 Å². The van der Waals surface area contributed by atoms with Crippen molar-refractivity contribution in [2.24, 2.45) is 13.0 Å². The van der Waals surface area contributed by atoms with E-state index < -0.39 is 10.0 Å². The van der Waals surface area contributed by atoms with E-state index in [0.717, 1.165) is 35.8 Å². The molecule has 2 heterocycles. The maximum absolute atomic E-state index is 12.6. The summed E-state index contributed by atoms with van der Waals surface area (Å²) in [5.74, 6) is 1.91. The Kier molecular flexibility index (Phi) is 6.72. The lowest BCUT2D eigenvalue weighted by Gasteiger charge is -2.37. The van der Waals surface area contributed by atoms with E-state index in [2.05, 4.69) is 45.4 Å². The molecule has 0 bridgehead atoms. The highest BCUT2D eigenvalue weighted by Crippen LogP contribution is 2.37. The highest BCUT2D eigenvalue weighted by atomic mass is 32.2. The number of nitrogens with one attached hydrogen (secondary N) is 2. The fourth-order valence-electron chi connectivity index (χ4n) is 4.76. The van der Waals surface area contributed by atoms with Gasteiger partial charge >= 0.3 is 0 Å². The number of hydrogen-bond donors (Lipinski definition) is 2. The molecule has 0 amide bonds. The smallest absolute Gasteiger partial charge is 0.259 e. The fourth-order valence-corrected chi connectivity index (χ4v) is 5.75. The Bertz CT molecular complexity index is 1220. The van der Waals surface area contributed by atoms with E-state index in [9.17, 15) is 8.42 Å². The second kappa shape index (κ2) is 9.90. The van der Waals surface area contributed by atoms with Crippen molar-refractivity contribution in [3.05, 3.63) is 77.7 Å². The molecule has 0 radical (unpaired) electrons. The summed E-state index contributed by atoms with van der Waals surface area (Å²) >= 11 is 0. The molecule has 180 valence electrons. The Morgan fingerprint density at radius 3 is 2.65 bits per heavy atom. The molecular weight excluding hydrogens is 448 g/mol. The largest absolute Gasteiger partial charge is 0.492 e. The Labute approximate surface area is 201 Å². The number of aromatic nitrogens is 2. The van der Waals surface area contributed by atoms with E-state index in [1.54, 1.807) is 11.6 Å². The molecule has 1 aliphatic heterocycles. The van der Waals surface area contributed by atoms with E-state index in [1.807, 2.05) is 18.2 Å². The second-order valence-corrected chi connectivity index (χ2v) is 11.2. The van der Waals surface area contributed by atoms with Crippen molar-refractivity contribution in [1.29, 1.82) is 0 Å². The minimum atomic E-state index is -3.67. The first-order valence-corrected chi connectivity index (χ1v) is 13.5. The van der Waals surface area contributed by atoms with Gasteiger partial charge in [-0.1, -0.05) is 48.9 Å². The van der Waals surface area contributed by atoms with Crippen molar-refractivity contribution in [3.8, 4) is 5.75 Å². The molecule has 1 aliphatic carbocycles. The fraction of sp³-hybridized carbons (Fsp3) is 0.423. The van der Waals surface area contributed by atoms with Gasteiger partial charge < -0.3 is 14.6 Å². The van der Waals surface area contributed by atoms with Crippen molar-refractivity contribution in [2.45, 2.75) is 49.2 Å². The average Bonchev–Trinajstić information content (AvgIpc) is 3.26. The van der Waals surface area contributed by atoms with Gasteiger partial charge in [-0.2, -0.15) is 0 Å². The van der Waals surface area contributed by atoms with Crippen LogP contribution in [0.3, 0.4) is 0 Å². The first-order chi connectivity index (χ1) is 16.5. The minimum absolute atomic E-state index is 0.0264. The summed E-state index contributed by atoms with van der Waals surface area (Å²) in [4.78, 5) is 3.97. The van der Waals surface area contributed by atoms with E-state index in [1.165, 1.54) is 37.4 Å². The van der Waals surface area contributed by atoms with E-state index in [4.69, 9.17) is 4.74 Å². The molecule has 0 spiro atoms. The molecule has 2 N–H and O–H groups in total. The normalized spacial score (nSPS) is 20.4. The lowest BCUT2D eigenvalue weighted by Crippen LogP contribution is -2.46. The maximum Gasteiger partial charge on any atom is 0.259 e. The van der Waals surface area contributed by atoms with E-state index in [0.29, 0.717) is 6.61 Å². The SMILES string of the molecule is Cn1cnc(S(=O)(=O)NCc2ccc3c(c2)[C@H](Cc2ccccc2)[C@H](NCC2CCC2)CO3)c1. The molecule has 1 saturated carbocycles. The predicted molar refractivity (Wildman–Crippen MR) is 131 cm³/mol. The van der Waals surface area contributed by atoms with Gasteiger partial charge in [0.25, 0.3) is 10.0 Å². The van der Waals surface area contributed by atoms with Crippen LogP contribution in [0.5, 0.6) is 5.75 Å². The highest BCUT2D eigenvalue weighted by molar-refractivity contribution is 7.89. The molecule has 0 unspecified atom stereocenters. The number of rotatable bonds is 9. The van der Waals surface area contributed by atoms with Crippen LogP contribution in [0.4, 0.5) is 0 Å². The third-order valence-corrected chi connectivity index (χ3v) is 8.28. The number of imidazole rings is 1. The Morgan fingerprint density at radius 2 is 1.94 bits per heavy atom. The number of hydrogen-bond acceptors (Lipinski definition) is 5. The Morgan fingerprint density at radius 1 is 1.12 bits per heavy atom. The van der Waals surface area contributed by atoms with Crippen LogP contribution >= 0.6 is 0 Å². The molecule has 34 heavy (non-hydrogen) atoms. The summed E-state index contributed by atoms with van der Waals surface area (Å²) < 4.78 is 35.7. The van der Waals surface area contributed by atoms with Crippen LogP contribution in [0.15, 0.2) is 66.1 Å². The number of benzene rings is 2. The molecule has 1 fully saturated rings. The third kappa shape index (κ3) is 5.19. The number of sulfonamides is 1. The summed E-state index contributed by atoms with van der Waals surface area (Å²) in [7, 11) is -1.92. The molecule has 3 aromatic rings. The zero-order valence-corrected chi connectivity index (χ0v) is 20.3. The van der Waals surface area contributed by atoms with Crippen LogP contribution in [0, 0.1) is 5.92 Å². The topological polar surface area (TPSA) is 85.2 Å². The van der Waals surface area contributed by atoms with E-state index >= 15 is 0 Å². The van der Waals surface area contributed by atoms with Crippen LogP contribution in [0.1, 0.15) is 41.9 Å². The van der Waals surface area contributed by atoms with E-state index in [-0.39, 0.29) is 23.5 Å².